The smallest absolute Gasteiger partial charge is 0.272 e. The lowest BCUT2D eigenvalue weighted by atomic mass is 9.75. The second-order valence-electron chi connectivity index (χ2n) is 6.07. The van der Waals surface area contributed by atoms with Gasteiger partial charge in [-0.25, -0.2) is 4.98 Å². The quantitative estimate of drug-likeness (QED) is 0.871. The Morgan fingerprint density at radius 3 is 2.57 bits per heavy atom. The highest BCUT2D eigenvalue weighted by molar-refractivity contribution is 5.92. The van der Waals surface area contributed by atoms with Crippen LogP contribution >= 0.6 is 0 Å². The fraction of sp³-hybridized carbons (Fsp3) is 0.625. The van der Waals surface area contributed by atoms with Crippen molar-refractivity contribution in [2.24, 2.45) is 0 Å². The van der Waals surface area contributed by atoms with Crippen molar-refractivity contribution in [1.82, 2.24) is 14.8 Å². The van der Waals surface area contributed by atoms with E-state index in [9.17, 15) is 4.79 Å². The molecule has 1 amide bonds. The molecule has 1 fully saturated rings. The molecule has 5 heteroatoms. The minimum absolute atomic E-state index is 0.0112. The van der Waals surface area contributed by atoms with E-state index in [0.717, 1.165) is 31.7 Å². The minimum atomic E-state index is -0.0112. The molecule has 0 saturated heterocycles. The molecule has 2 rings (SSSR count). The number of amides is 1. The van der Waals surface area contributed by atoms with E-state index in [1.54, 1.807) is 11.0 Å². The number of aromatic nitrogens is 1. The first-order valence-corrected chi connectivity index (χ1v) is 7.62. The van der Waals surface area contributed by atoms with Gasteiger partial charge in [-0.15, -0.1) is 0 Å². The molecule has 0 unspecified atom stereocenters. The van der Waals surface area contributed by atoms with Crippen LogP contribution < -0.4 is 5.32 Å². The molecule has 116 valence electrons. The van der Waals surface area contributed by atoms with Crippen LogP contribution in [-0.4, -0.2) is 60.5 Å². The van der Waals surface area contributed by atoms with Crippen LogP contribution in [0.2, 0.25) is 0 Å². The second kappa shape index (κ2) is 6.43. The van der Waals surface area contributed by atoms with Gasteiger partial charge in [0, 0.05) is 25.7 Å². The molecule has 1 aromatic rings. The average molecular weight is 290 g/mol. The van der Waals surface area contributed by atoms with Gasteiger partial charge >= 0.3 is 0 Å². The van der Waals surface area contributed by atoms with Crippen LogP contribution in [0.1, 0.15) is 36.7 Å². The summed E-state index contributed by atoms with van der Waals surface area (Å²) in [6.07, 6.45) is 3.55. The van der Waals surface area contributed by atoms with Crippen LogP contribution in [-0.2, 0) is 0 Å². The number of rotatable bonds is 6. The Kier molecular flexibility index (Phi) is 4.83. The molecular formula is C16H26N4O. The summed E-state index contributed by atoms with van der Waals surface area (Å²) < 4.78 is 0. The Morgan fingerprint density at radius 1 is 1.33 bits per heavy atom. The van der Waals surface area contributed by atoms with E-state index in [0.29, 0.717) is 5.69 Å². The molecule has 0 atom stereocenters. The summed E-state index contributed by atoms with van der Waals surface area (Å²) >= 11 is 0. The van der Waals surface area contributed by atoms with Crippen LogP contribution in [0.25, 0.3) is 0 Å². The van der Waals surface area contributed by atoms with E-state index in [4.69, 9.17) is 0 Å². The highest BCUT2D eigenvalue weighted by Gasteiger charge is 2.40. The predicted molar refractivity (Wildman–Crippen MR) is 85.6 cm³/mol. The van der Waals surface area contributed by atoms with Crippen molar-refractivity contribution in [3.63, 3.8) is 0 Å². The predicted octanol–water partition coefficient (Wildman–Crippen LogP) is 2.07. The third-order valence-corrected chi connectivity index (χ3v) is 4.44. The Morgan fingerprint density at radius 2 is 2.05 bits per heavy atom. The lowest BCUT2D eigenvalue weighted by Crippen LogP contribution is -2.57. The fourth-order valence-corrected chi connectivity index (χ4v) is 2.87. The third kappa shape index (κ3) is 3.35. The van der Waals surface area contributed by atoms with Gasteiger partial charge in [-0.3, -0.25) is 4.79 Å². The number of hydrogen-bond acceptors (Lipinski definition) is 4. The standard InChI is InChI=1S/C16H26N4O/c1-5-17-14-9-6-8-13(18-14)15(21)20(4)12-16(19(2)3)10-7-11-16/h6,8-9H,5,7,10-12H2,1-4H3,(H,17,18). The number of likely N-dealkylation sites (N-methyl/N-ethyl adjacent to an activating group) is 2. The minimum Gasteiger partial charge on any atom is -0.370 e. The highest BCUT2D eigenvalue weighted by Crippen LogP contribution is 2.36. The van der Waals surface area contributed by atoms with E-state index in [-0.39, 0.29) is 11.4 Å². The van der Waals surface area contributed by atoms with Crippen molar-refractivity contribution in [1.29, 1.82) is 0 Å². The van der Waals surface area contributed by atoms with E-state index in [1.807, 2.05) is 26.1 Å². The number of anilines is 1. The van der Waals surface area contributed by atoms with E-state index in [1.165, 1.54) is 6.42 Å². The zero-order chi connectivity index (χ0) is 15.5. The van der Waals surface area contributed by atoms with Crippen LogP contribution in [0.15, 0.2) is 18.2 Å². The summed E-state index contributed by atoms with van der Waals surface area (Å²) in [5, 5.41) is 3.14. The molecule has 0 radical (unpaired) electrons. The number of carbonyl (C=O) groups is 1. The number of nitrogens with one attached hydrogen (secondary N) is 1. The number of nitrogens with zero attached hydrogens (tertiary/aromatic N) is 3. The Balaban J connectivity index is 2.07. The molecule has 1 N–H and O–H groups in total. The molecule has 1 saturated carbocycles. The molecule has 1 heterocycles. The van der Waals surface area contributed by atoms with E-state index < -0.39 is 0 Å². The SMILES string of the molecule is CCNc1cccc(C(=O)N(C)CC2(N(C)C)CCC2)n1. The Bertz CT molecular complexity index is 497. The first-order valence-electron chi connectivity index (χ1n) is 7.62. The van der Waals surface area contributed by atoms with Crippen molar-refractivity contribution in [2.45, 2.75) is 31.7 Å². The van der Waals surface area contributed by atoms with Crippen LogP contribution in [0, 0.1) is 0 Å². The molecule has 0 aromatic carbocycles. The first-order chi connectivity index (χ1) is 9.98. The van der Waals surface area contributed by atoms with Gasteiger partial charge in [-0.2, -0.15) is 0 Å². The summed E-state index contributed by atoms with van der Waals surface area (Å²) in [5.74, 6) is 0.741. The lowest BCUT2D eigenvalue weighted by molar-refractivity contribution is 0.0250. The maximum atomic E-state index is 12.6. The highest BCUT2D eigenvalue weighted by atomic mass is 16.2. The topological polar surface area (TPSA) is 48.5 Å². The van der Waals surface area contributed by atoms with Gasteiger partial charge < -0.3 is 15.1 Å². The van der Waals surface area contributed by atoms with Gasteiger partial charge in [-0.1, -0.05) is 6.07 Å². The van der Waals surface area contributed by atoms with Crippen molar-refractivity contribution in [2.75, 3.05) is 39.5 Å². The summed E-state index contributed by atoms with van der Waals surface area (Å²) in [7, 11) is 6.07. The van der Waals surface area contributed by atoms with Gasteiger partial charge in [0.1, 0.15) is 11.5 Å². The summed E-state index contributed by atoms with van der Waals surface area (Å²) in [6.45, 7) is 3.57. The lowest BCUT2D eigenvalue weighted by Gasteiger charge is -2.49. The van der Waals surface area contributed by atoms with Gasteiger partial charge in [0.15, 0.2) is 0 Å². The van der Waals surface area contributed by atoms with Crippen molar-refractivity contribution in [3.05, 3.63) is 23.9 Å². The van der Waals surface area contributed by atoms with Crippen molar-refractivity contribution >= 4 is 11.7 Å². The summed E-state index contributed by atoms with van der Waals surface area (Å²) in [6, 6.07) is 5.54. The van der Waals surface area contributed by atoms with Crippen molar-refractivity contribution in [3.8, 4) is 0 Å². The zero-order valence-electron chi connectivity index (χ0n) is 13.5. The molecule has 1 aliphatic carbocycles. The maximum Gasteiger partial charge on any atom is 0.272 e. The number of pyridine rings is 1. The number of carbonyl (C=O) groups excluding carboxylic acids is 1. The first kappa shape index (κ1) is 15.8. The molecular weight excluding hydrogens is 264 g/mol. The Hall–Kier alpha value is -1.62. The number of hydrogen-bond donors (Lipinski definition) is 1. The van der Waals surface area contributed by atoms with Crippen LogP contribution in [0.4, 0.5) is 5.82 Å². The van der Waals surface area contributed by atoms with Gasteiger partial charge in [0.25, 0.3) is 5.91 Å². The van der Waals surface area contributed by atoms with Gasteiger partial charge in [-0.05, 0) is 52.4 Å². The maximum absolute atomic E-state index is 12.6. The van der Waals surface area contributed by atoms with Gasteiger partial charge in [0.05, 0.1) is 0 Å². The molecule has 0 aliphatic heterocycles. The molecule has 1 aliphatic rings. The molecule has 5 nitrogen and oxygen atoms in total. The molecule has 1 aromatic heterocycles. The van der Waals surface area contributed by atoms with Gasteiger partial charge in [0.2, 0.25) is 0 Å². The average Bonchev–Trinajstić information content (AvgIpc) is 2.42. The molecule has 21 heavy (non-hydrogen) atoms. The summed E-state index contributed by atoms with van der Waals surface area (Å²) in [5.41, 5.74) is 0.646. The third-order valence-electron chi connectivity index (χ3n) is 4.44. The Labute approximate surface area is 127 Å². The monoisotopic (exact) mass is 290 g/mol. The normalized spacial score (nSPS) is 16.4. The van der Waals surface area contributed by atoms with Crippen molar-refractivity contribution < 1.29 is 4.79 Å². The van der Waals surface area contributed by atoms with Crippen LogP contribution in [0.3, 0.4) is 0 Å². The second-order valence-corrected chi connectivity index (χ2v) is 6.07. The zero-order valence-corrected chi connectivity index (χ0v) is 13.5. The van der Waals surface area contributed by atoms with E-state index >= 15 is 0 Å². The molecule has 0 spiro atoms. The van der Waals surface area contributed by atoms with Crippen LogP contribution in [0.5, 0.6) is 0 Å². The largest absolute Gasteiger partial charge is 0.370 e. The molecule has 0 bridgehead atoms. The fourth-order valence-electron chi connectivity index (χ4n) is 2.87. The van der Waals surface area contributed by atoms with E-state index in [2.05, 4.69) is 29.3 Å². The summed E-state index contributed by atoms with van der Waals surface area (Å²) in [4.78, 5) is 21.0.